The summed E-state index contributed by atoms with van der Waals surface area (Å²) in [6.07, 6.45) is 5.75. The Morgan fingerprint density at radius 3 is 1.53 bits per heavy atom. The van der Waals surface area contributed by atoms with Crippen molar-refractivity contribution >= 4 is 0 Å². The molecular formula is C24H28N6. The minimum Gasteiger partial charge on any atom is -0.334 e. The molecule has 0 radical (unpaired) electrons. The number of hydrogen-bond acceptors (Lipinski definition) is 4. The van der Waals surface area contributed by atoms with Crippen LogP contribution in [0.5, 0.6) is 0 Å². The molecule has 0 spiro atoms. The molecule has 6 nitrogen and oxygen atoms in total. The van der Waals surface area contributed by atoms with Crippen molar-refractivity contribution in [2.24, 2.45) is 0 Å². The van der Waals surface area contributed by atoms with Gasteiger partial charge in [-0.3, -0.25) is 0 Å². The minimum absolute atomic E-state index is 0.732. The average Bonchev–Trinajstić information content (AvgIpc) is 3.41. The lowest BCUT2D eigenvalue weighted by molar-refractivity contribution is 0.655. The van der Waals surface area contributed by atoms with Gasteiger partial charge in [0.15, 0.2) is 0 Å². The lowest BCUT2D eigenvalue weighted by Gasteiger charge is -1.97. The zero-order valence-corrected chi connectivity index (χ0v) is 17.6. The third kappa shape index (κ3) is 6.93. The number of benzene rings is 1. The van der Waals surface area contributed by atoms with Gasteiger partial charge in [0.1, 0.15) is 23.0 Å². The average molecular weight is 401 g/mol. The summed E-state index contributed by atoms with van der Waals surface area (Å²) >= 11 is 0. The predicted octanol–water partition coefficient (Wildman–Crippen LogP) is 2.93. The van der Waals surface area contributed by atoms with Crippen LogP contribution in [-0.4, -0.2) is 33.0 Å². The van der Waals surface area contributed by atoms with E-state index in [4.69, 9.17) is 0 Å². The number of H-pyrrole nitrogens is 2. The van der Waals surface area contributed by atoms with Crippen LogP contribution in [0, 0.1) is 23.7 Å². The fourth-order valence-corrected chi connectivity index (χ4v) is 2.71. The number of aromatic amines is 2. The summed E-state index contributed by atoms with van der Waals surface area (Å²) in [7, 11) is 0. The largest absolute Gasteiger partial charge is 0.334 e. The van der Waals surface area contributed by atoms with Crippen LogP contribution < -0.4 is 10.6 Å². The first-order valence-corrected chi connectivity index (χ1v) is 10.4. The SMILES string of the molecule is CCCNCc1ncc(C#Cc2ccc(C#Cc3cnc(CNCCC)[nH]3)cc2)[nH]1. The van der Waals surface area contributed by atoms with Gasteiger partial charge in [-0.25, -0.2) is 9.97 Å². The molecule has 0 saturated carbocycles. The molecule has 0 saturated heterocycles. The first kappa shape index (κ1) is 21.4. The lowest BCUT2D eigenvalue weighted by Crippen LogP contribution is -2.14. The van der Waals surface area contributed by atoms with Gasteiger partial charge in [0.05, 0.1) is 25.5 Å². The Labute approximate surface area is 178 Å². The van der Waals surface area contributed by atoms with Crippen molar-refractivity contribution in [3.8, 4) is 23.7 Å². The molecule has 2 aromatic heterocycles. The highest BCUT2D eigenvalue weighted by molar-refractivity contribution is 5.45. The third-order valence-corrected chi connectivity index (χ3v) is 4.26. The zero-order valence-electron chi connectivity index (χ0n) is 17.6. The summed E-state index contributed by atoms with van der Waals surface area (Å²) in [5.41, 5.74) is 3.50. The van der Waals surface area contributed by atoms with Gasteiger partial charge < -0.3 is 20.6 Å². The smallest absolute Gasteiger partial charge is 0.121 e. The first-order chi connectivity index (χ1) is 14.8. The lowest BCUT2D eigenvalue weighted by atomic mass is 10.1. The molecule has 0 aliphatic carbocycles. The summed E-state index contributed by atoms with van der Waals surface area (Å²) in [5.74, 6) is 14.4. The molecule has 6 heteroatoms. The minimum atomic E-state index is 0.732. The summed E-state index contributed by atoms with van der Waals surface area (Å²) < 4.78 is 0. The topological polar surface area (TPSA) is 81.4 Å². The summed E-state index contributed by atoms with van der Waals surface area (Å²) in [5, 5.41) is 6.63. The van der Waals surface area contributed by atoms with Crippen molar-refractivity contribution in [3.63, 3.8) is 0 Å². The number of imidazole rings is 2. The number of hydrogen-bond donors (Lipinski definition) is 4. The van der Waals surface area contributed by atoms with Crippen molar-refractivity contribution < 1.29 is 0 Å². The highest BCUT2D eigenvalue weighted by atomic mass is 15.0. The molecule has 0 aliphatic rings. The van der Waals surface area contributed by atoms with Crippen LogP contribution in [0.25, 0.3) is 0 Å². The zero-order chi connectivity index (χ0) is 21.0. The van der Waals surface area contributed by atoms with E-state index in [0.717, 1.165) is 73.2 Å². The van der Waals surface area contributed by atoms with Crippen LogP contribution in [0.4, 0.5) is 0 Å². The van der Waals surface area contributed by atoms with E-state index in [9.17, 15) is 0 Å². The molecule has 3 aromatic rings. The van der Waals surface area contributed by atoms with Gasteiger partial charge in [-0.15, -0.1) is 0 Å². The second-order valence-corrected chi connectivity index (χ2v) is 6.92. The van der Waals surface area contributed by atoms with Gasteiger partial charge in [0.25, 0.3) is 0 Å². The van der Waals surface area contributed by atoms with Crippen molar-refractivity contribution in [1.82, 2.24) is 30.6 Å². The Hall–Kier alpha value is -3.32. The van der Waals surface area contributed by atoms with Crippen molar-refractivity contribution in [2.75, 3.05) is 13.1 Å². The highest BCUT2D eigenvalue weighted by Crippen LogP contribution is 2.04. The Balaban J connectivity index is 1.55. The molecule has 4 N–H and O–H groups in total. The normalized spacial score (nSPS) is 10.2. The van der Waals surface area contributed by atoms with E-state index in [2.05, 4.69) is 68.1 Å². The third-order valence-electron chi connectivity index (χ3n) is 4.26. The fourth-order valence-electron chi connectivity index (χ4n) is 2.71. The Kier molecular flexibility index (Phi) is 8.29. The highest BCUT2D eigenvalue weighted by Gasteiger charge is 1.98. The van der Waals surface area contributed by atoms with E-state index in [1.807, 2.05) is 24.3 Å². The molecule has 0 fully saturated rings. The van der Waals surface area contributed by atoms with Crippen LogP contribution in [0.15, 0.2) is 36.7 Å². The van der Waals surface area contributed by atoms with Gasteiger partial charge >= 0.3 is 0 Å². The molecule has 30 heavy (non-hydrogen) atoms. The Morgan fingerprint density at radius 2 is 1.13 bits per heavy atom. The first-order valence-electron chi connectivity index (χ1n) is 10.4. The standard InChI is InChI=1S/C24H28N6/c1-3-13-25-17-23-27-15-21(29-23)11-9-19-5-7-20(8-6-19)10-12-22-16-28-24(30-22)18-26-14-4-2/h5-8,15-16,25-26H,3-4,13-14,17-18H2,1-2H3,(H,27,29)(H,28,30). The maximum absolute atomic E-state index is 4.34. The van der Waals surface area contributed by atoms with Crippen molar-refractivity contribution in [3.05, 3.63) is 70.8 Å². The summed E-state index contributed by atoms with van der Waals surface area (Å²) in [6.45, 7) is 7.71. The van der Waals surface area contributed by atoms with Crippen LogP contribution in [0.3, 0.4) is 0 Å². The van der Waals surface area contributed by atoms with Gasteiger partial charge in [-0.1, -0.05) is 25.7 Å². The number of rotatable bonds is 8. The van der Waals surface area contributed by atoms with E-state index in [1.54, 1.807) is 12.4 Å². The van der Waals surface area contributed by atoms with Gasteiger partial charge in [-0.2, -0.15) is 0 Å². The monoisotopic (exact) mass is 400 g/mol. The maximum Gasteiger partial charge on any atom is 0.121 e. The number of aromatic nitrogens is 4. The van der Waals surface area contributed by atoms with E-state index in [1.165, 1.54) is 0 Å². The van der Waals surface area contributed by atoms with E-state index < -0.39 is 0 Å². The quantitative estimate of drug-likeness (QED) is 0.346. The summed E-state index contributed by atoms with van der Waals surface area (Å²) in [4.78, 5) is 15.1. The molecule has 0 aliphatic heterocycles. The molecule has 2 heterocycles. The molecule has 0 bridgehead atoms. The van der Waals surface area contributed by atoms with Gasteiger partial charge in [0, 0.05) is 11.1 Å². The van der Waals surface area contributed by atoms with Crippen LogP contribution in [0.2, 0.25) is 0 Å². The number of nitrogens with zero attached hydrogens (tertiary/aromatic N) is 2. The molecule has 1 aromatic carbocycles. The Bertz CT molecular complexity index is 952. The van der Waals surface area contributed by atoms with E-state index in [0.29, 0.717) is 0 Å². The van der Waals surface area contributed by atoms with Gasteiger partial charge in [-0.05, 0) is 62.0 Å². The molecule has 154 valence electrons. The van der Waals surface area contributed by atoms with Crippen LogP contribution in [0.1, 0.15) is 60.9 Å². The second-order valence-electron chi connectivity index (χ2n) is 6.92. The Morgan fingerprint density at radius 1 is 0.700 bits per heavy atom. The van der Waals surface area contributed by atoms with Gasteiger partial charge in [0.2, 0.25) is 0 Å². The van der Waals surface area contributed by atoms with Crippen LogP contribution in [-0.2, 0) is 13.1 Å². The molecule has 0 unspecified atom stereocenters. The second kappa shape index (κ2) is 11.6. The predicted molar refractivity (Wildman–Crippen MR) is 120 cm³/mol. The number of nitrogens with one attached hydrogen (secondary N) is 4. The van der Waals surface area contributed by atoms with Crippen molar-refractivity contribution in [1.29, 1.82) is 0 Å². The molecule has 0 atom stereocenters. The molecular weight excluding hydrogens is 372 g/mol. The molecule has 3 rings (SSSR count). The molecule has 0 amide bonds. The van der Waals surface area contributed by atoms with Crippen molar-refractivity contribution in [2.45, 2.75) is 39.8 Å². The fraction of sp³-hybridized carbons (Fsp3) is 0.333. The van der Waals surface area contributed by atoms with E-state index >= 15 is 0 Å². The van der Waals surface area contributed by atoms with E-state index in [-0.39, 0.29) is 0 Å². The van der Waals surface area contributed by atoms with Crippen LogP contribution >= 0.6 is 0 Å². The maximum atomic E-state index is 4.34. The summed E-state index contributed by atoms with van der Waals surface area (Å²) in [6, 6.07) is 7.91.